The van der Waals surface area contributed by atoms with Crippen molar-refractivity contribution in [2.45, 2.75) is 93.3 Å². The third kappa shape index (κ3) is 5.61. The summed E-state index contributed by atoms with van der Waals surface area (Å²) in [5, 5.41) is 0. The molecule has 2 heterocycles. The van der Waals surface area contributed by atoms with Crippen molar-refractivity contribution < 1.29 is 0 Å². The summed E-state index contributed by atoms with van der Waals surface area (Å²) in [7, 11) is 0. The van der Waals surface area contributed by atoms with Crippen molar-refractivity contribution in [3.05, 3.63) is 121 Å². The Morgan fingerprint density at radius 1 is 0.600 bits per heavy atom. The highest BCUT2D eigenvalue weighted by atomic mass is 32.2. The normalized spacial score (nSPS) is 14.0. The van der Waals surface area contributed by atoms with Crippen LogP contribution in [0, 0.1) is 0 Å². The van der Waals surface area contributed by atoms with Gasteiger partial charge >= 0.3 is 0 Å². The second-order valence-electron chi connectivity index (χ2n) is 12.8. The monoisotopic (exact) mass is 608 g/mol. The van der Waals surface area contributed by atoms with Crippen molar-refractivity contribution in [1.82, 2.24) is 4.98 Å². The molecule has 0 unspecified atom stereocenters. The molecule has 1 aromatic heterocycles. The number of anilines is 3. The summed E-state index contributed by atoms with van der Waals surface area (Å²) in [6, 6.07) is 36.6. The van der Waals surface area contributed by atoms with E-state index < -0.39 is 0 Å². The summed E-state index contributed by atoms with van der Waals surface area (Å²) >= 11 is 1.88. The number of hydrogen-bond donors (Lipinski definition) is 0. The van der Waals surface area contributed by atoms with Gasteiger partial charge in [-0.2, -0.15) is 0 Å². The zero-order valence-electron chi connectivity index (χ0n) is 26.8. The van der Waals surface area contributed by atoms with Crippen molar-refractivity contribution in [3.63, 3.8) is 0 Å². The van der Waals surface area contributed by atoms with Crippen LogP contribution in [0.4, 0.5) is 17.1 Å². The first-order valence-corrected chi connectivity index (χ1v) is 17.9. The average Bonchev–Trinajstić information content (AvgIpc) is 3.36. The Hall–Kier alpha value is -3.82. The molecule has 1 aliphatic carbocycles. The molecule has 0 saturated carbocycles. The van der Waals surface area contributed by atoms with Gasteiger partial charge in [-0.25, -0.2) is 0 Å². The number of aromatic nitrogens is 1. The number of fused-ring (bicyclic) bond motifs is 5. The number of benzene rings is 4. The average molecular weight is 609 g/mol. The summed E-state index contributed by atoms with van der Waals surface area (Å²) in [4.78, 5) is 9.59. The van der Waals surface area contributed by atoms with Gasteiger partial charge in [-0.15, -0.1) is 0 Å². The van der Waals surface area contributed by atoms with E-state index in [1.165, 1.54) is 124 Å². The SMILES string of the molecule is CCCCCCC1(CCCCCC)c2cc(-c3cccnc3)ccc2-c2ccc(N3c4ccccc4Sc4ccccc43)cc21. The van der Waals surface area contributed by atoms with E-state index in [9.17, 15) is 0 Å². The van der Waals surface area contributed by atoms with Gasteiger partial charge in [0, 0.05) is 33.3 Å². The molecule has 0 N–H and O–H groups in total. The van der Waals surface area contributed by atoms with Crippen LogP contribution in [-0.2, 0) is 5.41 Å². The lowest BCUT2D eigenvalue weighted by molar-refractivity contribution is 0.401. The van der Waals surface area contributed by atoms with Crippen LogP contribution in [0.25, 0.3) is 22.3 Å². The Morgan fingerprint density at radius 2 is 1.22 bits per heavy atom. The van der Waals surface area contributed by atoms with Crippen molar-refractivity contribution in [3.8, 4) is 22.3 Å². The summed E-state index contributed by atoms with van der Waals surface area (Å²) in [6.07, 6.45) is 16.5. The second-order valence-corrected chi connectivity index (χ2v) is 13.9. The molecular weight excluding hydrogens is 565 g/mol. The van der Waals surface area contributed by atoms with Gasteiger partial charge in [0.15, 0.2) is 0 Å². The van der Waals surface area contributed by atoms with Gasteiger partial charge in [0.1, 0.15) is 0 Å². The molecule has 0 atom stereocenters. The highest BCUT2D eigenvalue weighted by molar-refractivity contribution is 7.99. The van der Waals surface area contributed by atoms with Gasteiger partial charge in [0.05, 0.1) is 11.4 Å². The molecule has 2 aliphatic rings. The van der Waals surface area contributed by atoms with Crippen LogP contribution < -0.4 is 4.90 Å². The van der Waals surface area contributed by atoms with Crippen molar-refractivity contribution in [2.24, 2.45) is 0 Å². The predicted octanol–water partition coefficient (Wildman–Crippen LogP) is 12.9. The lowest BCUT2D eigenvalue weighted by Crippen LogP contribution is -2.26. The molecule has 45 heavy (non-hydrogen) atoms. The summed E-state index contributed by atoms with van der Waals surface area (Å²) in [5.41, 5.74) is 12.2. The maximum atomic E-state index is 4.46. The van der Waals surface area contributed by atoms with Crippen molar-refractivity contribution in [1.29, 1.82) is 0 Å². The zero-order valence-corrected chi connectivity index (χ0v) is 27.6. The van der Waals surface area contributed by atoms with Crippen LogP contribution in [0.15, 0.2) is 119 Å². The lowest BCUT2D eigenvalue weighted by Gasteiger charge is -2.36. The van der Waals surface area contributed by atoms with Gasteiger partial charge in [0.25, 0.3) is 0 Å². The van der Waals surface area contributed by atoms with Crippen LogP contribution in [0.2, 0.25) is 0 Å². The molecule has 2 nitrogen and oxygen atoms in total. The minimum atomic E-state index is 0.00392. The number of nitrogens with zero attached hydrogens (tertiary/aromatic N) is 2. The standard InChI is InChI=1S/C42H44N2S/c1-3-5-7-13-25-42(26-14-8-6-4-2)36-28-31(32-16-15-27-43-30-32)21-23-34(36)35-24-22-33(29-37(35)42)44-38-17-9-11-19-40(38)45-41-20-12-10-18-39(41)44/h9-12,15-24,27-30H,3-8,13-14,25-26H2,1-2H3. The number of pyridine rings is 1. The fourth-order valence-electron chi connectivity index (χ4n) is 7.69. The van der Waals surface area contributed by atoms with Crippen molar-refractivity contribution >= 4 is 28.8 Å². The molecule has 0 saturated heterocycles. The minimum absolute atomic E-state index is 0.00392. The van der Waals surface area contributed by atoms with Crippen LogP contribution in [0.3, 0.4) is 0 Å². The first-order chi connectivity index (χ1) is 22.2. The van der Waals surface area contributed by atoms with Gasteiger partial charge in [-0.3, -0.25) is 4.98 Å². The molecule has 7 rings (SSSR count). The smallest absolute Gasteiger partial charge is 0.0601 e. The molecule has 0 spiro atoms. The summed E-state index contributed by atoms with van der Waals surface area (Å²) in [5.74, 6) is 0. The van der Waals surface area contributed by atoms with Crippen LogP contribution in [0.5, 0.6) is 0 Å². The molecule has 228 valence electrons. The molecule has 0 fully saturated rings. The first kappa shape index (κ1) is 29.9. The largest absolute Gasteiger partial charge is 0.308 e. The van der Waals surface area contributed by atoms with E-state index in [1.807, 2.05) is 24.2 Å². The first-order valence-electron chi connectivity index (χ1n) is 17.1. The molecule has 1 aliphatic heterocycles. The highest BCUT2D eigenvalue weighted by Crippen LogP contribution is 2.57. The third-order valence-electron chi connectivity index (χ3n) is 9.94. The fraction of sp³-hybridized carbons (Fsp3) is 0.310. The topological polar surface area (TPSA) is 16.1 Å². The Balaban J connectivity index is 1.40. The Bertz CT molecular complexity index is 1720. The van der Waals surface area contributed by atoms with Gasteiger partial charge in [-0.05, 0) is 94.8 Å². The van der Waals surface area contributed by atoms with E-state index in [-0.39, 0.29) is 5.41 Å². The fourth-order valence-corrected chi connectivity index (χ4v) is 8.75. The van der Waals surface area contributed by atoms with E-state index in [2.05, 4.69) is 121 Å². The molecule has 3 heteroatoms. The Labute approximate surface area is 273 Å². The molecule has 0 amide bonds. The van der Waals surface area contributed by atoms with Crippen LogP contribution >= 0.6 is 11.8 Å². The van der Waals surface area contributed by atoms with Gasteiger partial charge in [-0.1, -0.05) is 126 Å². The summed E-state index contributed by atoms with van der Waals surface area (Å²) in [6.45, 7) is 4.64. The van der Waals surface area contributed by atoms with E-state index in [4.69, 9.17) is 0 Å². The second kappa shape index (κ2) is 13.3. The molecular formula is C42H44N2S. The maximum absolute atomic E-state index is 4.46. The number of para-hydroxylation sites is 2. The molecule has 0 bridgehead atoms. The maximum Gasteiger partial charge on any atom is 0.0601 e. The zero-order chi connectivity index (χ0) is 30.6. The Kier molecular flexibility index (Phi) is 8.81. The number of hydrogen-bond acceptors (Lipinski definition) is 3. The van der Waals surface area contributed by atoms with E-state index in [0.717, 1.165) is 0 Å². The highest BCUT2D eigenvalue weighted by Gasteiger charge is 2.43. The van der Waals surface area contributed by atoms with Crippen LogP contribution in [0.1, 0.15) is 89.2 Å². The summed E-state index contributed by atoms with van der Waals surface area (Å²) < 4.78 is 0. The predicted molar refractivity (Wildman–Crippen MR) is 192 cm³/mol. The van der Waals surface area contributed by atoms with Gasteiger partial charge in [0.2, 0.25) is 0 Å². The van der Waals surface area contributed by atoms with Crippen molar-refractivity contribution in [2.75, 3.05) is 4.90 Å². The molecule has 4 aromatic carbocycles. The number of rotatable bonds is 12. The quantitative estimate of drug-likeness (QED) is 0.129. The van der Waals surface area contributed by atoms with Crippen LogP contribution in [-0.4, -0.2) is 4.98 Å². The van der Waals surface area contributed by atoms with E-state index in [0.29, 0.717) is 0 Å². The molecule has 5 aromatic rings. The Morgan fingerprint density at radius 3 is 1.84 bits per heavy atom. The molecule has 0 radical (unpaired) electrons. The van der Waals surface area contributed by atoms with E-state index >= 15 is 0 Å². The van der Waals surface area contributed by atoms with Gasteiger partial charge < -0.3 is 4.90 Å². The third-order valence-corrected chi connectivity index (χ3v) is 11.1. The lowest BCUT2D eigenvalue weighted by atomic mass is 9.70. The van der Waals surface area contributed by atoms with E-state index in [1.54, 1.807) is 0 Å². The minimum Gasteiger partial charge on any atom is -0.308 e. The number of unbranched alkanes of at least 4 members (excludes halogenated alkanes) is 6.